The molecule has 4 heterocycles. The molecule has 0 amide bonds. The van der Waals surface area contributed by atoms with Crippen LogP contribution < -0.4 is 4.74 Å². The van der Waals surface area contributed by atoms with Crippen molar-refractivity contribution in [2.24, 2.45) is 0 Å². The Morgan fingerprint density at radius 1 is 1.06 bits per heavy atom. The van der Waals surface area contributed by atoms with Crippen LogP contribution in [0.5, 0.6) is 5.75 Å². The monoisotopic (exact) mass is 477 g/mol. The van der Waals surface area contributed by atoms with Gasteiger partial charge in [0.1, 0.15) is 23.7 Å². The molecule has 0 fully saturated rings. The summed E-state index contributed by atoms with van der Waals surface area (Å²) in [6, 6.07) is 16.8. The van der Waals surface area contributed by atoms with Crippen LogP contribution in [0.25, 0.3) is 22.3 Å². The Bertz CT molecular complexity index is 1630. The largest absolute Gasteiger partial charge is 0.488 e. The number of aryl methyl sites for hydroxylation is 3. The second-order valence-corrected chi connectivity index (χ2v) is 9.23. The lowest BCUT2D eigenvalue weighted by Gasteiger charge is -2.15. The topological polar surface area (TPSA) is 94.4 Å². The molecule has 2 aromatic carbocycles. The molecule has 8 nitrogen and oxygen atoms in total. The van der Waals surface area contributed by atoms with Gasteiger partial charge in [0.25, 0.3) is 0 Å². The second-order valence-electron chi connectivity index (χ2n) is 9.23. The van der Waals surface area contributed by atoms with Crippen LogP contribution in [0.15, 0.2) is 48.5 Å². The van der Waals surface area contributed by atoms with Gasteiger partial charge in [-0.2, -0.15) is 5.21 Å². The number of rotatable bonds is 4. The number of aromatic nitrogens is 7. The van der Waals surface area contributed by atoms with E-state index in [9.17, 15) is 0 Å². The first-order valence-corrected chi connectivity index (χ1v) is 12.2. The number of hydrogen-bond donors (Lipinski definition) is 1. The van der Waals surface area contributed by atoms with E-state index in [1.54, 1.807) is 0 Å². The maximum absolute atomic E-state index is 6.38. The molecule has 0 saturated carbocycles. The van der Waals surface area contributed by atoms with E-state index in [0.717, 1.165) is 73.8 Å². The molecule has 3 aromatic heterocycles. The summed E-state index contributed by atoms with van der Waals surface area (Å²) in [5.74, 6) is 2.44. The van der Waals surface area contributed by atoms with Gasteiger partial charge in [-0.3, -0.25) is 0 Å². The Labute approximate surface area is 209 Å². The van der Waals surface area contributed by atoms with Gasteiger partial charge in [0.2, 0.25) is 5.82 Å². The van der Waals surface area contributed by atoms with E-state index in [-0.39, 0.29) is 0 Å². The third-order valence-electron chi connectivity index (χ3n) is 6.80. The third-order valence-corrected chi connectivity index (χ3v) is 6.80. The van der Waals surface area contributed by atoms with Gasteiger partial charge in [0.15, 0.2) is 5.65 Å². The van der Waals surface area contributed by atoms with Crippen molar-refractivity contribution in [3.63, 3.8) is 0 Å². The van der Waals surface area contributed by atoms with Gasteiger partial charge in [-0.1, -0.05) is 43.3 Å². The third kappa shape index (κ3) is 3.66. The zero-order chi connectivity index (χ0) is 24.8. The van der Waals surface area contributed by atoms with Crippen molar-refractivity contribution >= 4 is 22.3 Å². The summed E-state index contributed by atoms with van der Waals surface area (Å²) in [4.78, 5) is 9.73. The van der Waals surface area contributed by atoms with E-state index in [2.05, 4.69) is 81.5 Å². The summed E-state index contributed by atoms with van der Waals surface area (Å²) in [5.41, 5.74) is 10.4. The number of nitrogens with zero attached hydrogens (tertiary/aromatic N) is 6. The summed E-state index contributed by atoms with van der Waals surface area (Å²) in [6.07, 6.45) is 0.836. The minimum absolute atomic E-state index is 0.490. The van der Waals surface area contributed by atoms with Crippen LogP contribution in [0.2, 0.25) is 0 Å². The van der Waals surface area contributed by atoms with E-state index in [1.807, 2.05) is 19.9 Å². The Morgan fingerprint density at radius 2 is 1.92 bits per heavy atom. The summed E-state index contributed by atoms with van der Waals surface area (Å²) in [7, 11) is 0. The maximum Gasteiger partial charge on any atom is 0.201 e. The molecule has 0 atom stereocenters. The zero-order valence-corrected chi connectivity index (χ0v) is 20.8. The SMILES string of the molecule is CCc1nc2c(C)cc(C)nc2n1Cc1ccc2c(c1)OCc1ccccc1C2=C(C)c1nn[nH]n1. The number of tetrazole rings is 1. The molecule has 0 saturated heterocycles. The number of ether oxygens (including phenoxy) is 1. The Kier molecular flexibility index (Phi) is 5.36. The molecule has 5 aromatic rings. The van der Waals surface area contributed by atoms with Crippen molar-refractivity contribution in [1.29, 1.82) is 0 Å². The quantitative estimate of drug-likeness (QED) is 0.390. The Hall–Kier alpha value is -4.33. The predicted octanol–water partition coefficient (Wildman–Crippen LogP) is 5.04. The van der Waals surface area contributed by atoms with Crippen molar-refractivity contribution in [1.82, 2.24) is 35.2 Å². The smallest absolute Gasteiger partial charge is 0.201 e. The van der Waals surface area contributed by atoms with Crippen LogP contribution in [-0.4, -0.2) is 35.2 Å². The van der Waals surface area contributed by atoms with Crippen LogP contribution >= 0.6 is 0 Å². The molecule has 180 valence electrons. The standard InChI is InChI=1S/C28H27N7O/c1-5-24-30-26-16(2)12-17(3)29-28(26)35(24)14-19-10-11-22-23(13-19)36-15-20-8-6-7-9-21(20)25(22)18(4)27-31-33-34-32-27/h6-13H,5,14-15H2,1-4H3,(H,31,32,33,34). The molecule has 1 aliphatic heterocycles. The maximum atomic E-state index is 6.38. The highest BCUT2D eigenvalue weighted by molar-refractivity contribution is 5.99. The minimum Gasteiger partial charge on any atom is -0.488 e. The first-order valence-electron chi connectivity index (χ1n) is 12.2. The van der Waals surface area contributed by atoms with E-state index in [1.165, 1.54) is 0 Å². The van der Waals surface area contributed by atoms with E-state index >= 15 is 0 Å². The van der Waals surface area contributed by atoms with Crippen LogP contribution in [0.3, 0.4) is 0 Å². The number of imidazole rings is 1. The molecule has 1 N–H and O–H groups in total. The lowest BCUT2D eigenvalue weighted by Crippen LogP contribution is -2.06. The summed E-state index contributed by atoms with van der Waals surface area (Å²) >= 11 is 0. The van der Waals surface area contributed by atoms with Crippen molar-refractivity contribution in [3.05, 3.63) is 93.7 Å². The van der Waals surface area contributed by atoms with Gasteiger partial charge in [-0.25, -0.2) is 9.97 Å². The molecule has 6 rings (SSSR count). The first kappa shape index (κ1) is 22.2. The molecule has 0 spiro atoms. The fraction of sp³-hybridized carbons (Fsp3) is 0.250. The summed E-state index contributed by atoms with van der Waals surface area (Å²) in [5, 5.41) is 14.8. The first-order chi connectivity index (χ1) is 17.5. The molecule has 0 bridgehead atoms. The average Bonchev–Trinajstić information content (AvgIpc) is 3.50. The van der Waals surface area contributed by atoms with E-state index in [4.69, 9.17) is 14.7 Å². The van der Waals surface area contributed by atoms with Crippen LogP contribution in [0.1, 0.15) is 59.0 Å². The minimum atomic E-state index is 0.490. The predicted molar refractivity (Wildman–Crippen MR) is 138 cm³/mol. The van der Waals surface area contributed by atoms with Gasteiger partial charge in [-0.05, 0) is 65.9 Å². The molecule has 1 aliphatic rings. The zero-order valence-electron chi connectivity index (χ0n) is 20.8. The van der Waals surface area contributed by atoms with Crippen molar-refractivity contribution < 1.29 is 4.74 Å². The van der Waals surface area contributed by atoms with E-state index < -0.39 is 0 Å². The second kappa shape index (κ2) is 8.71. The van der Waals surface area contributed by atoms with Crippen LogP contribution in [-0.2, 0) is 19.6 Å². The molecule has 0 radical (unpaired) electrons. The number of pyridine rings is 1. The average molecular weight is 478 g/mol. The fourth-order valence-electron chi connectivity index (χ4n) is 5.09. The Morgan fingerprint density at radius 3 is 2.72 bits per heavy atom. The van der Waals surface area contributed by atoms with Crippen LogP contribution in [0, 0.1) is 13.8 Å². The van der Waals surface area contributed by atoms with Gasteiger partial charge in [0, 0.05) is 23.3 Å². The lowest BCUT2D eigenvalue weighted by molar-refractivity contribution is 0.307. The Balaban J connectivity index is 1.48. The number of allylic oxidation sites excluding steroid dienone is 1. The lowest BCUT2D eigenvalue weighted by atomic mass is 9.90. The van der Waals surface area contributed by atoms with Gasteiger partial charge >= 0.3 is 0 Å². The number of aromatic amines is 1. The molecule has 36 heavy (non-hydrogen) atoms. The van der Waals surface area contributed by atoms with Crippen LogP contribution in [0.4, 0.5) is 0 Å². The number of hydrogen-bond acceptors (Lipinski definition) is 6. The molecule has 0 unspecified atom stereocenters. The highest BCUT2D eigenvalue weighted by Gasteiger charge is 2.23. The number of nitrogens with one attached hydrogen (secondary N) is 1. The molecular formula is C28H27N7O. The van der Waals surface area contributed by atoms with Gasteiger partial charge < -0.3 is 9.30 Å². The summed E-state index contributed by atoms with van der Waals surface area (Å²) < 4.78 is 8.60. The van der Waals surface area contributed by atoms with Gasteiger partial charge in [0.05, 0.1) is 6.54 Å². The van der Waals surface area contributed by atoms with Crippen molar-refractivity contribution in [3.8, 4) is 5.75 Å². The molecular weight excluding hydrogens is 450 g/mol. The van der Waals surface area contributed by atoms with Gasteiger partial charge in [-0.15, -0.1) is 10.2 Å². The highest BCUT2D eigenvalue weighted by Crippen LogP contribution is 2.41. The highest BCUT2D eigenvalue weighted by atomic mass is 16.5. The van der Waals surface area contributed by atoms with Crippen molar-refractivity contribution in [2.45, 2.75) is 47.3 Å². The number of benzene rings is 2. The van der Waals surface area contributed by atoms with Crippen molar-refractivity contribution in [2.75, 3.05) is 0 Å². The molecule has 0 aliphatic carbocycles. The number of H-pyrrole nitrogens is 1. The molecule has 8 heteroatoms. The van der Waals surface area contributed by atoms with E-state index in [0.29, 0.717) is 19.0 Å². The summed E-state index contributed by atoms with van der Waals surface area (Å²) in [6.45, 7) is 9.45. The fourth-order valence-corrected chi connectivity index (χ4v) is 5.09. The normalized spacial score (nSPS) is 14.2. The number of fused-ring (bicyclic) bond motifs is 3.